The predicted octanol–water partition coefficient (Wildman–Crippen LogP) is 3.76. The zero-order valence-electron chi connectivity index (χ0n) is 15.9. The second-order valence-corrected chi connectivity index (χ2v) is 7.83. The van der Waals surface area contributed by atoms with E-state index in [4.69, 9.17) is 16.3 Å². The Bertz CT molecular complexity index is 987. The maximum Gasteiger partial charge on any atom is 0.339 e. The molecule has 0 N–H and O–H groups in total. The molecule has 0 unspecified atom stereocenters. The molecule has 0 aliphatic carbocycles. The van der Waals surface area contributed by atoms with E-state index >= 15 is 0 Å². The fourth-order valence-corrected chi connectivity index (χ4v) is 4.34. The van der Waals surface area contributed by atoms with Gasteiger partial charge >= 0.3 is 5.97 Å². The van der Waals surface area contributed by atoms with Crippen LogP contribution in [0.3, 0.4) is 0 Å². The molecule has 3 heterocycles. The van der Waals surface area contributed by atoms with Gasteiger partial charge in [-0.3, -0.25) is 0 Å². The summed E-state index contributed by atoms with van der Waals surface area (Å²) in [6.45, 7) is 5.40. The third kappa shape index (κ3) is 4.33. The van der Waals surface area contributed by atoms with E-state index < -0.39 is 0 Å². The maximum atomic E-state index is 11.8. The topological polar surface area (TPSA) is 71.5 Å². The van der Waals surface area contributed by atoms with Crippen molar-refractivity contribution in [3.8, 4) is 10.6 Å². The number of carbonyl (C=O) groups excluding carboxylic acids is 1. The summed E-state index contributed by atoms with van der Waals surface area (Å²) in [4.78, 5) is 20.6. The average molecular weight is 430 g/mol. The van der Waals surface area contributed by atoms with E-state index in [2.05, 4.69) is 25.0 Å². The zero-order valence-corrected chi connectivity index (χ0v) is 17.5. The summed E-state index contributed by atoms with van der Waals surface area (Å²) in [6.07, 6.45) is 1.57. The first kappa shape index (κ1) is 19.6. The molecule has 0 bridgehead atoms. The fourth-order valence-electron chi connectivity index (χ4n) is 3.12. The minimum Gasteiger partial charge on any atom is -0.462 e. The highest BCUT2D eigenvalue weighted by Crippen LogP contribution is 2.33. The molecule has 150 valence electrons. The monoisotopic (exact) mass is 429 g/mol. The van der Waals surface area contributed by atoms with E-state index in [0.717, 1.165) is 47.7 Å². The number of esters is 1. The molecule has 9 heteroatoms. The zero-order chi connectivity index (χ0) is 20.2. The van der Waals surface area contributed by atoms with Gasteiger partial charge in [-0.2, -0.15) is 0 Å². The largest absolute Gasteiger partial charge is 0.462 e. The molecule has 1 aliphatic rings. The number of benzene rings is 1. The molecule has 3 aromatic rings. The van der Waals surface area contributed by atoms with E-state index in [1.807, 2.05) is 30.3 Å². The normalized spacial score (nSPS) is 14.1. The molecule has 0 amide bonds. The Morgan fingerprint density at radius 3 is 2.55 bits per heavy atom. The summed E-state index contributed by atoms with van der Waals surface area (Å²) in [6, 6.07) is 11.3. The molecule has 1 aliphatic heterocycles. The first-order valence-electron chi connectivity index (χ1n) is 9.37. The molecule has 4 rings (SSSR count). The van der Waals surface area contributed by atoms with Gasteiger partial charge in [-0.1, -0.05) is 41.1 Å². The predicted molar refractivity (Wildman–Crippen MR) is 115 cm³/mol. The van der Waals surface area contributed by atoms with Crippen molar-refractivity contribution in [3.63, 3.8) is 0 Å². The minimum atomic E-state index is -0.345. The Morgan fingerprint density at radius 2 is 1.86 bits per heavy atom. The summed E-state index contributed by atoms with van der Waals surface area (Å²) in [5.41, 5.74) is 1.37. The number of rotatable bonds is 5. The number of carbonyl (C=O) groups is 1. The van der Waals surface area contributed by atoms with Crippen LogP contribution in [0.1, 0.15) is 17.3 Å². The molecule has 1 aromatic carbocycles. The molecule has 0 atom stereocenters. The van der Waals surface area contributed by atoms with Crippen molar-refractivity contribution in [2.75, 3.05) is 42.6 Å². The van der Waals surface area contributed by atoms with Gasteiger partial charge in [0.25, 0.3) is 0 Å². The first-order valence-corrected chi connectivity index (χ1v) is 10.6. The van der Waals surface area contributed by atoms with Crippen LogP contribution in [-0.2, 0) is 4.74 Å². The third-order valence-electron chi connectivity index (χ3n) is 4.65. The Hall–Kier alpha value is -2.71. The van der Waals surface area contributed by atoms with Crippen LogP contribution in [0.4, 0.5) is 10.9 Å². The summed E-state index contributed by atoms with van der Waals surface area (Å²) in [5, 5.41) is 11.1. The van der Waals surface area contributed by atoms with Crippen LogP contribution in [0, 0.1) is 0 Å². The number of aromatic nitrogens is 3. The SMILES string of the molecule is CCOC(=O)c1ccc(N2CCN(c3nnc(-c4ccccc4Cl)s3)CC2)nc1. The van der Waals surface area contributed by atoms with Crippen LogP contribution in [-0.4, -0.2) is 53.9 Å². The average Bonchev–Trinajstić information content (AvgIpc) is 3.24. The lowest BCUT2D eigenvalue weighted by molar-refractivity contribution is 0.0526. The fraction of sp³-hybridized carbons (Fsp3) is 0.300. The van der Waals surface area contributed by atoms with Gasteiger partial charge in [0.1, 0.15) is 5.82 Å². The lowest BCUT2D eigenvalue weighted by Crippen LogP contribution is -2.46. The number of anilines is 2. The number of hydrogen-bond donors (Lipinski definition) is 0. The second kappa shape index (κ2) is 8.75. The number of piperazine rings is 1. The summed E-state index contributed by atoms with van der Waals surface area (Å²) < 4.78 is 5.00. The standard InChI is InChI=1S/C20H20ClN5O2S/c1-2-28-19(27)14-7-8-17(22-13-14)25-9-11-26(12-10-25)20-24-23-18(29-20)15-5-3-4-6-16(15)21/h3-8,13H,2,9-12H2,1H3. The highest BCUT2D eigenvalue weighted by atomic mass is 35.5. The van der Waals surface area contributed by atoms with Gasteiger partial charge in [0, 0.05) is 37.9 Å². The first-order chi connectivity index (χ1) is 14.2. The van der Waals surface area contributed by atoms with Crippen molar-refractivity contribution < 1.29 is 9.53 Å². The van der Waals surface area contributed by atoms with Crippen LogP contribution >= 0.6 is 22.9 Å². The Kier molecular flexibility index (Phi) is 5.92. The highest BCUT2D eigenvalue weighted by molar-refractivity contribution is 7.18. The molecule has 29 heavy (non-hydrogen) atoms. The summed E-state index contributed by atoms with van der Waals surface area (Å²) >= 11 is 7.82. The number of hydrogen-bond acceptors (Lipinski definition) is 8. The Morgan fingerprint density at radius 1 is 1.10 bits per heavy atom. The van der Waals surface area contributed by atoms with E-state index in [0.29, 0.717) is 17.2 Å². The highest BCUT2D eigenvalue weighted by Gasteiger charge is 2.22. The number of pyridine rings is 1. The number of halogens is 1. The van der Waals surface area contributed by atoms with Gasteiger partial charge in [-0.15, -0.1) is 10.2 Å². The molecule has 1 fully saturated rings. The molecular formula is C20H20ClN5O2S. The lowest BCUT2D eigenvalue weighted by atomic mass is 10.2. The molecule has 0 saturated carbocycles. The molecule has 0 radical (unpaired) electrons. The van der Waals surface area contributed by atoms with Gasteiger partial charge in [0.2, 0.25) is 5.13 Å². The van der Waals surface area contributed by atoms with Crippen LogP contribution in [0.5, 0.6) is 0 Å². The second-order valence-electron chi connectivity index (χ2n) is 6.47. The number of ether oxygens (including phenoxy) is 1. The van der Waals surface area contributed by atoms with Gasteiger partial charge in [-0.25, -0.2) is 9.78 Å². The van der Waals surface area contributed by atoms with Crippen molar-refractivity contribution in [1.29, 1.82) is 0 Å². The van der Waals surface area contributed by atoms with E-state index in [1.165, 1.54) is 0 Å². The smallest absolute Gasteiger partial charge is 0.339 e. The maximum absolute atomic E-state index is 11.8. The third-order valence-corrected chi connectivity index (χ3v) is 6.00. The molecule has 7 nitrogen and oxygen atoms in total. The van der Waals surface area contributed by atoms with Crippen LogP contribution in [0.15, 0.2) is 42.6 Å². The van der Waals surface area contributed by atoms with Crippen molar-refractivity contribution in [1.82, 2.24) is 15.2 Å². The molecule has 0 spiro atoms. The molecule has 2 aromatic heterocycles. The van der Waals surface area contributed by atoms with Crippen LogP contribution < -0.4 is 9.80 Å². The van der Waals surface area contributed by atoms with Crippen molar-refractivity contribution in [2.24, 2.45) is 0 Å². The van der Waals surface area contributed by atoms with Gasteiger partial charge in [0.05, 0.1) is 17.2 Å². The van der Waals surface area contributed by atoms with Crippen LogP contribution in [0.2, 0.25) is 5.02 Å². The van der Waals surface area contributed by atoms with Crippen molar-refractivity contribution in [2.45, 2.75) is 6.92 Å². The van der Waals surface area contributed by atoms with Gasteiger partial charge in [0.15, 0.2) is 5.01 Å². The lowest BCUT2D eigenvalue weighted by Gasteiger charge is -2.35. The van der Waals surface area contributed by atoms with Gasteiger partial charge in [-0.05, 0) is 25.1 Å². The number of nitrogens with zero attached hydrogens (tertiary/aromatic N) is 5. The van der Waals surface area contributed by atoms with E-state index in [-0.39, 0.29) is 5.97 Å². The quantitative estimate of drug-likeness (QED) is 0.572. The van der Waals surface area contributed by atoms with Gasteiger partial charge < -0.3 is 14.5 Å². The molecule has 1 saturated heterocycles. The Labute approximate surface area is 177 Å². The van der Waals surface area contributed by atoms with E-state index in [9.17, 15) is 4.79 Å². The van der Waals surface area contributed by atoms with Crippen molar-refractivity contribution in [3.05, 3.63) is 53.2 Å². The summed E-state index contributed by atoms with van der Waals surface area (Å²) in [5.74, 6) is 0.508. The Balaban J connectivity index is 1.39. The minimum absolute atomic E-state index is 0.345. The van der Waals surface area contributed by atoms with Crippen LogP contribution in [0.25, 0.3) is 10.6 Å². The summed E-state index contributed by atoms with van der Waals surface area (Å²) in [7, 11) is 0. The van der Waals surface area contributed by atoms with E-state index in [1.54, 1.807) is 30.5 Å². The van der Waals surface area contributed by atoms with Crippen molar-refractivity contribution >= 4 is 39.9 Å². The molecular weight excluding hydrogens is 410 g/mol.